The lowest BCUT2D eigenvalue weighted by molar-refractivity contribution is -0.156. The number of nitrogens with one attached hydrogen (secondary N) is 2. The van der Waals surface area contributed by atoms with E-state index in [0.29, 0.717) is 12.8 Å². The Balaban J connectivity index is 2.21. The number of hydrogen-bond acceptors (Lipinski definition) is 5. The Labute approximate surface area is 123 Å². The number of piperidine rings is 1. The van der Waals surface area contributed by atoms with E-state index in [9.17, 15) is 9.59 Å². The zero-order chi connectivity index (χ0) is 15.8. The van der Waals surface area contributed by atoms with Crippen LogP contribution >= 0.6 is 0 Å². The fourth-order valence-electron chi connectivity index (χ4n) is 3.44. The number of aromatic nitrogens is 3. The number of nitrogens with two attached hydrogens (primary N) is 1. The number of rotatable bonds is 1. The van der Waals surface area contributed by atoms with Crippen LogP contribution in [0, 0.1) is 0 Å². The minimum Gasteiger partial charge on any atom is -0.328 e. The summed E-state index contributed by atoms with van der Waals surface area (Å²) in [5.41, 5.74) is 5.09. The van der Waals surface area contributed by atoms with Gasteiger partial charge in [0.15, 0.2) is 0 Å². The van der Waals surface area contributed by atoms with E-state index < -0.39 is 22.9 Å². The average molecular weight is 294 g/mol. The van der Waals surface area contributed by atoms with Gasteiger partial charge in [-0.25, -0.2) is 5.10 Å². The summed E-state index contributed by atoms with van der Waals surface area (Å²) in [5.74, 6) is -1.17. The molecule has 0 aliphatic carbocycles. The van der Waals surface area contributed by atoms with Crippen molar-refractivity contribution in [2.45, 2.75) is 57.7 Å². The molecule has 1 aromatic heterocycles. The molecular formula is C13H22N6O2. The third kappa shape index (κ3) is 3.05. The summed E-state index contributed by atoms with van der Waals surface area (Å²) in [6.07, 6.45) is 2.56. The molecular weight excluding hydrogens is 272 g/mol. The number of aromatic amines is 1. The van der Waals surface area contributed by atoms with Gasteiger partial charge in [0.2, 0.25) is 5.95 Å². The molecule has 8 nitrogen and oxygen atoms in total. The monoisotopic (exact) mass is 294 g/mol. The number of carbonyl (C=O) groups excluding carboxylic acids is 2. The first-order valence-electron chi connectivity index (χ1n) is 6.90. The molecule has 0 spiro atoms. The van der Waals surface area contributed by atoms with Crippen LogP contribution in [0.3, 0.4) is 0 Å². The van der Waals surface area contributed by atoms with Crippen LogP contribution in [0.15, 0.2) is 6.33 Å². The summed E-state index contributed by atoms with van der Waals surface area (Å²) < 4.78 is 0. The highest BCUT2D eigenvalue weighted by Crippen LogP contribution is 2.37. The van der Waals surface area contributed by atoms with E-state index in [1.165, 1.54) is 6.33 Å². The first-order valence-corrected chi connectivity index (χ1v) is 6.90. The highest BCUT2D eigenvalue weighted by atomic mass is 16.2. The Morgan fingerprint density at radius 1 is 1.33 bits per heavy atom. The third-order valence-electron chi connectivity index (χ3n) is 3.78. The van der Waals surface area contributed by atoms with Crippen LogP contribution in [0.4, 0.5) is 5.95 Å². The minimum atomic E-state index is -0.733. The van der Waals surface area contributed by atoms with Crippen LogP contribution in [-0.2, 0) is 9.59 Å². The summed E-state index contributed by atoms with van der Waals surface area (Å²) in [6, 6.07) is 0.0105. The second-order valence-corrected chi connectivity index (χ2v) is 6.72. The summed E-state index contributed by atoms with van der Waals surface area (Å²) >= 11 is 0. The van der Waals surface area contributed by atoms with E-state index in [1.807, 2.05) is 27.7 Å². The van der Waals surface area contributed by atoms with E-state index >= 15 is 0 Å². The number of nitrogens with zero attached hydrogens (tertiary/aromatic N) is 3. The lowest BCUT2D eigenvalue weighted by Gasteiger charge is -2.54. The fourth-order valence-corrected chi connectivity index (χ4v) is 3.44. The van der Waals surface area contributed by atoms with Crippen LogP contribution in [0.25, 0.3) is 0 Å². The van der Waals surface area contributed by atoms with Crippen LogP contribution < -0.4 is 11.1 Å². The number of anilines is 1. The van der Waals surface area contributed by atoms with Crippen molar-refractivity contribution in [3.8, 4) is 0 Å². The lowest BCUT2D eigenvalue weighted by Crippen LogP contribution is -2.66. The Hall–Kier alpha value is -1.96. The standard InChI is InChI=1S/C13H22N6O2/c1-12(2)5-8(14)6-13(3,4)19(12)10(21)9(20)17-11-15-7-16-18-11/h7-8H,5-6,14H2,1-4H3,(H2,15,16,17,18,20). The summed E-state index contributed by atoms with van der Waals surface area (Å²) in [6.45, 7) is 7.70. The van der Waals surface area contributed by atoms with Gasteiger partial charge in [-0.2, -0.15) is 10.1 Å². The van der Waals surface area contributed by atoms with Crippen molar-refractivity contribution in [2.24, 2.45) is 5.73 Å². The molecule has 2 amide bonds. The van der Waals surface area contributed by atoms with Crippen molar-refractivity contribution in [3.63, 3.8) is 0 Å². The van der Waals surface area contributed by atoms with E-state index in [1.54, 1.807) is 4.90 Å². The second-order valence-electron chi connectivity index (χ2n) is 6.72. The van der Waals surface area contributed by atoms with Gasteiger partial charge in [0.1, 0.15) is 6.33 Å². The van der Waals surface area contributed by atoms with Crippen molar-refractivity contribution in [1.29, 1.82) is 0 Å². The Kier molecular flexibility index (Phi) is 3.75. The topological polar surface area (TPSA) is 117 Å². The first-order chi connectivity index (χ1) is 9.63. The number of H-pyrrole nitrogens is 1. The Morgan fingerprint density at radius 2 is 1.90 bits per heavy atom. The van der Waals surface area contributed by atoms with E-state index in [4.69, 9.17) is 5.73 Å². The number of amides is 2. The number of carbonyl (C=O) groups is 2. The molecule has 0 aromatic carbocycles. The van der Waals surface area contributed by atoms with Gasteiger partial charge < -0.3 is 10.6 Å². The minimum absolute atomic E-state index is 0.0105. The highest BCUT2D eigenvalue weighted by molar-refractivity contribution is 6.39. The fraction of sp³-hybridized carbons (Fsp3) is 0.692. The molecule has 116 valence electrons. The number of hydrogen-bond donors (Lipinski definition) is 3. The van der Waals surface area contributed by atoms with Gasteiger partial charge >= 0.3 is 11.8 Å². The van der Waals surface area contributed by atoms with Gasteiger partial charge in [-0.05, 0) is 40.5 Å². The summed E-state index contributed by atoms with van der Waals surface area (Å²) in [4.78, 5) is 30.1. The van der Waals surface area contributed by atoms with Crippen molar-refractivity contribution in [1.82, 2.24) is 20.1 Å². The largest absolute Gasteiger partial charge is 0.328 e. The zero-order valence-electron chi connectivity index (χ0n) is 12.8. The molecule has 0 unspecified atom stereocenters. The molecule has 8 heteroatoms. The summed E-state index contributed by atoms with van der Waals surface area (Å²) in [7, 11) is 0. The molecule has 0 atom stereocenters. The molecule has 4 N–H and O–H groups in total. The van der Waals surface area contributed by atoms with E-state index in [-0.39, 0.29) is 12.0 Å². The van der Waals surface area contributed by atoms with Crippen LogP contribution in [0.5, 0.6) is 0 Å². The molecule has 1 aromatic rings. The molecule has 1 fully saturated rings. The zero-order valence-corrected chi connectivity index (χ0v) is 12.8. The van der Waals surface area contributed by atoms with Crippen LogP contribution in [0.1, 0.15) is 40.5 Å². The van der Waals surface area contributed by atoms with E-state index in [0.717, 1.165) is 0 Å². The van der Waals surface area contributed by atoms with Crippen LogP contribution in [0.2, 0.25) is 0 Å². The predicted octanol–water partition coefficient (Wildman–Crippen LogP) is 0.250. The average Bonchev–Trinajstić information content (AvgIpc) is 2.77. The van der Waals surface area contributed by atoms with Gasteiger partial charge in [0.25, 0.3) is 0 Å². The molecule has 0 saturated carbocycles. The molecule has 21 heavy (non-hydrogen) atoms. The highest BCUT2D eigenvalue weighted by Gasteiger charge is 2.48. The number of likely N-dealkylation sites (tertiary alicyclic amines) is 1. The smallest absolute Gasteiger partial charge is 0.316 e. The Bertz CT molecular complexity index is 519. The van der Waals surface area contributed by atoms with Gasteiger partial charge in [-0.15, -0.1) is 0 Å². The van der Waals surface area contributed by atoms with Crippen molar-refractivity contribution >= 4 is 17.8 Å². The maximum atomic E-state index is 12.6. The molecule has 0 bridgehead atoms. The second kappa shape index (κ2) is 5.10. The molecule has 1 aliphatic rings. The van der Waals surface area contributed by atoms with E-state index in [2.05, 4.69) is 20.5 Å². The van der Waals surface area contributed by atoms with Gasteiger partial charge in [0.05, 0.1) is 0 Å². The third-order valence-corrected chi connectivity index (χ3v) is 3.78. The molecule has 2 heterocycles. The molecule has 0 radical (unpaired) electrons. The van der Waals surface area contributed by atoms with Gasteiger partial charge in [-0.3, -0.25) is 14.9 Å². The van der Waals surface area contributed by atoms with Crippen molar-refractivity contribution in [2.75, 3.05) is 5.32 Å². The molecule has 1 saturated heterocycles. The predicted molar refractivity (Wildman–Crippen MR) is 77.2 cm³/mol. The van der Waals surface area contributed by atoms with Crippen molar-refractivity contribution < 1.29 is 9.59 Å². The maximum Gasteiger partial charge on any atom is 0.316 e. The lowest BCUT2D eigenvalue weighted by atomic mass is 9.77. The Morgan fingerprint density at radius 3 is 2.38 bits per heavy atom. The molecule has 2 rings (SSSR count). The summed E-state index contributed by atoms with van der Waals surface area (Å²) in [5, 5.41) is 8.53. The quantitative estimate of drug-likeness (QED) is 0.642. The first kappa shape index (κ1) is 15.4. The van der Waals surface area contributed by atoms with Crippen LogP contribution in [-0.4, -0.2) is 49.0 Å². The van der Waals surface area contributed by atoms with Gasteiger partial charge in [-0.1, -0.05) is 0 Å². The van der Waals surface area contributed by atoms with Gasteiger partial charge in [0, 0.05) is 17.1 Å². The molecule has 1 aliphatic heterocycles. The van der Waals surface area contributed by atoms with Crippen molar-refractivity contribution in [3.05, 3.63) is 6.33 Å². The SMILES string of the molecule is CC1(C)CC(N)CC(C)(C)N1C(=O)C(=O)Nc1ncn[nH]1. The maximum absolute atomic E-state index is 12.6. The normalized spacial score (nSPS) is 21.1.